The number of hydrogen-bond donors (Lipinski definition) is 1. The largest absolute Gasteiger partial charge is 0.390 e. The summed E-state index contributed by atoms with van der Waals surface area (Å²) in [4.78, 5) is 11.3. The Morgan fingerprint density at radius 1 is 1.00 bits per heavy atom. The van der Waals surface area contributed by atoms with Crippen molar-refractivity contribution < 1.29 is 5.11 Å². The molecule has 1 N–H and O–H groups in total. The Morgan fingerprint density at radius 3 is 2.54 bits per heavy atom. The Bertz CT molecular complexity index is 865. The molecule has 4 rings (SSSR count). The molecule has 2 aromatic carbocycles. The molecule has 0 unspecified atom stereocenters. The molecule has 1 aliphatic heterocycles. The van der Waals surface area contributed by atoms with Crippen LogP contribution in [0.3, 0.4) is 0 Å². The fourth-order valence-corrected chi connectivity index (χ4v) is 3.20. The van der Waals surface area contributed by atoms with E-state index >= 15 is 0 Å². The minimum atomic E-state index is -0.563. The predicted octanol–water partition coefficient (Wildman–Crippen LogP) is 3.65. The molecule has 2 heterocycles. The Hall–Kier alpha value is -2.46. The maximum Gasteiger partial charge on any atom is 0.225 e. The molecule has 24 heavy (non-hydrogen) atoms. The van der Waals surface area contributed by atoms with E-state index in [4.69, 9.17) is 4.98 Å². The normalized spacial score (nSPS) is 17.2. The second kappa shape index (κ2) is 5.87. The van der Waals surface area contributed by atoms with E-state index in [1.54, 1.807) is 0 Å². The Kier molecular flexibility index (Phi) is 3.69. The summed E-state index contributed by atoms with van der Waals surface area (Å²) in [6.45, 7) is 3.47. The molecule has 1 fully saturated rings. The van der Waals surface area contributed by atoms with Gasteiger partial charge in [0, 0.05) is 24.8 Å². The van der Waals surface area contributed by atoms with E-state index in [1.165, 1.54) is 10.8 Å². The first-order chi connectivity index (χ1) is 11.6. The third kappa shape index (κ3) is 2.97. The molecule has 0 aliphatic carbocycles. The lowest BCUT2D eigenvalue weighted by molar-refractivity contribution is 0.0349. The fraction of sp³-hybridized carbons (Fsp3) is 0.300. The van der Waals surface area contributed by atoms with E-state index in [2.05, 4.69) is 52.3 Å². The Labute approximate surface area is 141 Å². The average Bonchev–Trinajstić information content (AvgIpc) is 2.61. The minimum Gasteiger partial charge on any atom is -0.390 e. The average molecular weight is 319 g/mol. The van der Waals surface area contributed by atoms with Gasteiger partial charge in [-0.2, -0.15) is 0 Å². The van der Waals surface area contributed by atoms with Crippen LogP contribution in [0.25, 0.3) is 22.0 Å². The number of anilines is 1. The molecule has 1 aliphatic rings. The van der Waals surface area contributed by atoms with Gasteiger partial charge >= 0.3 is 0 Å². The Balaban J connectivity index is 1.64. The second-order valence-electron chi connectivity index (χ2n) is 6.79. The number of aliphatic hydroxyl groups is 1. The fourth-order valence-electron chi connectivity index (χ4n) is 3.20. The first-order valence-corrected chi connectivity index (χ1v) is 8.40. The summed E-state index contributed by atoms with van der Waals surface area (Å²) in [6, 6.07) is 16.7. The molecule has 0 amide bonds. The van der Waals surface area contributed by atoms with Gasteiger partial charge in [-0.1, -0.05) is 36.4 Å². The molecular formula is C20H21N3O. The van der Waals surface area contributed by atoms with E-state index in [1.807, 2.05) is 19.2 Å². The van der Waals surface area contributed by atoms with Gasteiger partial charge in [-0.3, -0.25) is 0 Å². The minimum absolute atomic E-state index is 0.563. The van der Waals surface area contributed by atoms with Crippen LogP contribution in [-0.2, 0) is 0 Å². The third-order valence-corrected chi connectivity index (χ3v) is 4.81. The topological polar surface area (TPSA) is 49.2 Å². The summed E-state index contributed by atoms with van der Waals surface area (Å²) < 4.78 is 0. The van der Waals surface area contributed by atoms with Gasteiger partial charge < -0.3 is 10.0 Å². The van der Waals surface area contributed by atoms with E-state index in [9.17, 15) is 5.11 Å². The SMILES string of the molecule is CC1(O)CCN(c2nccc(-c3ccc4ccccc4c3)n2)CC1. The first kappa shape index (κ1) is 15.1. The highest BCUT2D eigenvalue weighted by molar-refractivity contribution is 5.86. The van der Waals surface area contributed by atoms with Gasteiger partial charge in [0.25, 0.3) is 0 Å². The maximum absolute atomic E-state index is 10.1. The van der Waals surface area contributed by atoms with Crippen LogP contribution in [0.15, 0.2) is 54.7 Å². The Morgan fingerprint density at radius 2 is 1.75 bits per heavy atom. The summed E-state index contributed by atoms with van der Waals surface area (Å²) in [6.07, 6.45) is 3.31. The summed E-state index contributed by atoms with van der Waals surface area (Å²) in [5, 5.41) is 12.5. The van der Waals surface area contributed by atoms with Gasteiger partial charge in [0.05, 0.1) is 11.3 Å². The summed E-state index contributed by atoms with van der Waals surface area (Å²) >= 11 is 0. The van der Waals surface area contributed by atoms with Crippen LogP contribution in [0.1, 0.15) is 19.8 Å². The third-order valence-electron chi connectivity index (χ3n) is 4.81. The van der Waals surface area contributed by atoms with E-state index in [-0.39, 0.29) is 0 Å². The van der Waals surface area contributed by atoms with Crippen molar-refractivity contribution >= 4 is 16.7 Å². The number of rotatable bonds is 2. The van der Waals surface area contributed by atoms with Gasteiger partial charge in [0.1, 0.15) is 0 Å². The van der Waals surface area contributed by atoms with Gasteiger partial charge in [-0.15, -0.1) is 0 Å². The molecule has 1 saturated heterocycles. The monoisotopic (exact) mass is 319 g/mol. The van der Waals surface area contributed by atoms with Crippen molar-refractivity contribution in [2.24, 2.45) is 0 Å². The molecule has 1 aromatic heterocycles. The smallest absolute Gasteiger partial charge is 0.225 e. The summed E-state index contributed by atoms with van der Waals surface area (Å²) in [7, 11) is 0. The van der Waals surface area contributed by atoms with Crippen LogP contribution >= 0.6 is 0 Å². The lowest BCUT2D eigenvalue weighted by atomic mass is 9.94. The molecule has 3 aromatic rings. The molecular weight excluding hydrogens is 298 g/mol. The molecule has 0 spiro atoms. The summed E-state index contributed by atoms with van der Waals surface area (Å²) in [5.74, 6) is 0.746. The maximum atomic E-state index is 10.1. The van der Waals surface area contributed by atoms with Crippen molar-refractivity contribution in [3.8, 4) is 11.3 Å². The van der Waals surface area contributed by atoms with Crippen molar-refractivity contribution in [3.63, 3.8) is 0 Å². The summed E-state index contributed by atoms with van der Waals surface area (Å²) in [5.41, 5.74) is 1.47. The molecule has 0 atom stereocenters. The van der Waals surface area contributed by atoms with Crippen LogP contribution in [0.5, 0.6) is 0 Å². The molecule has 0 saturated carbocycles. The molecule has 0 bridgehead atoms. The van der Waals surface area contributed by atoms with Crippen LogP contribution in [0.2, 0.25) is 0 Å². The van der Waals surface area contributed by atoms with E-state index in [0.29, 0.717) is 0 Å². The number of nitrogens with zero attached hydrogens (tertiary/aromatic N) is 3. The highest BCUT2D eigenvalue weighted by atomic mass is 16.3. The number of piperidine rings is 1. The standard InChI is InChI=1S/C20H21N3O/c1-20(24)9-12-23(13-10-20)19-21-11-8-18(22-19)17-7-6-15-4-2-3-5-16(15)14-17/h2-8,11,14,24H,9-10,12-13H2,1H3. The highest BCUT2D eigenvalue weighted by Crippen LogP contribution is 2.27. The van der Waals surface area contributed by atoms with Gasteiger partial charge in [-0.05, 0) is 42.7 Å². The number of aromatic nitrogens is 2. The van der Waals surface area contributed by atoms with Crippen LogP contribution in [0, 0.1) is 0 Å². The molecule has 0 radical (unpaired) electrons. The second-order valence-corrected chi connectivity index (χ2v) is 6.79. The van der Waals surface area contributed by atoms with E-state index in [0.717, 1.165) is 43.1 Å². The van der Waals surface area contributed by atoms with Crippen LogP contribution in [-0.4, -0.2) is 33.8 Å². The predicted molar refractivity (Wildman–Crippen MR) is 97.0 cm³/mol. The number of fused-ring (bicyclic) bond motifs is 1. The number of hydrogen-bond acceptors (Lipinski definition) is 4. The van der Waals surface area contributed by atoms with Crippen molar-refractivity contribution in [2.75, 3.05) is 18.0 Å². The van der Waals surface area contributed by atoms with Crippen LogP contribution < -0.4 is 4.90 Å². The highest BCUT2D eigenvalue weighted by Gasteiger charge is 2.28. The van der Waals surface area contributed by atoms with Crippen molar-refractivity contribution in [3.05, 3.63) is 54.7 Å². The van der Waals surface area contributed by atoms with E-state index < -0.39 is 5.60 Å². The molecule has 4 nitrogen and oxygen atoms in total. The molecule has 122 valence electrons. The van der Waals surface area contributed by atoms with Gasteiger partial charge in [-0.25, -0.2) is 9.97 Å². The zero-order valence-corrected chi connectivity index (χ0v) is 13.8. The number of benzene rings is 2. The molecule has 4 heteroatoms. The van der Waals surface area contributed by atoms with Gasteiger partial charge in [0.15, 0.2) is 0 Å². The van der Waals surface area contributed by atoms with Crippen molar-refractivity contribution in [1.29, 1.82) is 0 Å². The van der Waals surface area contributed by atoms with Gasteiger partial charge in [0.2, 0.25) is 5.95 Å². The zero-order valence-electron chi connectivity index (χ0n) is 13.8. The quantitative estimate of drug-likeness (QED) is 0.783. The lowest BCUT2D eigenvalue weighted by Gasteiger charge is -2.35. The van der Waals surface area contributed by atoms with Crippen LogP contribution in [0.4, 0.5) is 5.95 Å². The zero-order chi connectivity index (χ0) is 16.6. The lowest BCUT2D eigenvalue weighted by Crippen LogP contribution is -2.43. The van der Waals surface area contributed by atoms with Crippen molar-refractivity contribution in [1.82, 2.24) is 9.97 Å². The first-order valence-electron chi connectivity index (χ1n) is 8.40. The van der Waals surface area contributed by atoms with Crippen molar-refractivity contribution in [2.45, 2.75) is 25.4 Å².